The molecule has 1 N–H and O–H groups in total. The highest BCUT2D eigenvalue weighted by molar-refractivity contribution is 7.07. The Morgan fingerprint density at radius 1 is 1.73 bits per heavy atom. The van der Waals surface area contributed by atoms with Gasteiger partial charge >= 0.3 is 5.97 Å². The minimum absolute atomic E-state index is 0.0577. The van der Waals surface area contributed by atoms with Crippen LogP contribution in [0, 0.1) is 11.8 Å². The van der Waals surface area contributed by atoms with Gasteiger partial charge in [-0.2, -0.15) is 11.3 Å². The third-order valence-corrected chi connectivity index (χ3v) is 4.04. The average Bonchev–Trinajstić information content (AvgIpc) is 2.78. The van der Waals surface area contributed by atoms with E-state index in [2.05, 4.69) is 23.8 Å². The molecule has 1 aromatic rings. The van der Waals surface area contributed by atoms with Crippen molar-refractivity contribution >= 4 is 17.3 Å². The Hall–Kier alpha value is -0.830. The maximum Gasteiger partial charge on any atom is 0.306 e. The van der Waals surface area contributed by atoms with Crippen molar-refractivity contribution in [3.8, 4) is 0 Å². The zero-order chi connectivity index (χ0) is 10.8. The number of carbonyl (C=O) groups is 1. The highest BCUT2D eigenvalue weighted by atomic mass is 32.1. The van der Waals surface area contributed by atoms with E-state index in [-0.39, 0.29) is 5.92 Å². The summed E-state index contributed by atoms with van der Waals surface area (Å²) in [6.45, 7) is 2.18. The molecule has 15 heavy (non-hydrogen) atoms. The lowest BCUT2D eigenvalue weighted by molar-refractivity contribution is -0.138. The summed E-state index contributed by atoms with van der Waals surface area (Å²) < 4.78 is 0. The second-order valence-corrected chi connectivity index (χ2v) is 5.12. The van der Waals surface area contributed by atoms with Crippen LogP contribution in [-0.2, 0) is 4.79 Å². The Morgan fingerprint density at radius 2 is 2.53 bits per heavy atom. The summed E-state index contributed by atoms with van der Waals surface area (Å²) in [5.74, 6) is 0.316. The van der Waals surface area contributed by atoms with Gasteiger partial charge in [-0.15, -0.1) is 0 Å². The molecule has 3 unspecified atom stereocenters. The standard InChI is InChI=1S/C12H16O2S/c1-2-8(9-3-4-15-7-9)5-10-6-11(10)12(13)14/h3-4,7-8,10-11H,2,5-6H2,1H3,(H,13,14). The lowest BCUT2D eigenvalue weighted by Crippen LogP contribution is -2.03. The van der Waals surface area contributed by atoms with Crippen molar-refractivity contribution in [2.45, 2.75) is 32.1 Å². The van der Waals surface area contributed by atoms with E-state index in [1.165, 1.54) is 5.56 Å². The molecule has 0 radical (unpaired) electrons. The maximum absolute atomic E-state index is 10.7. The second kappa shape index (κ2) is 4.35. The number of carboxylic acids is 1. The number of aliphatic carboxylic acids is 1. The predicted molar refractivity (Wildman–Crippen MR) is 61.2 cm³/mol. The number of hydrogen-bond donors (Lipinski definition) is 1. The van der Waals surface area contributed by atoms with Crippen LogP contribution in [-0.4, -0.2) is 11.1 Å². The number of carboxylic acid groups (broad SMARTS) is 1. The van der Waals surface area contributed by atoms with E-state index in [0.717, 1.165) is 19.3 Å². The smallest absolute Gasteiger partial charge is 0.306 e. The number of hydrogen-bond acceptors (Lipinski definition) is 2. The molecule has 1 aliphatic carbocycles. The molecule has 3 atom stereocenters. The van der Waals surface area contributed by atoms with Gasteiger partial charge in [-0.25, -0.2) is 0 Å². The van der Waals surface area contributed by atoms with Crippen molar-refractivity contribution in [1.82, 2.24) is 0 Å². The number of thiophene rings is 1. The van der Waals surface area contributed by atoms with Gasteiger partial charge in [0.25, 0.3) is 0 Å². The molecule has 0 spiro atoms. The first-order valence-corrected chi connectivity index (χ1v) is 6.41. The molecule has 82 valence electrons. The van der Waals surface area contributed by atoms with E-state index in [0.29, 0.717) is 11.8 Å². The van der Waals surface area contributed by atoms with Crippen molar-refractivity contribution in [3.63, 3.8) is 0 Å². The Morgan fingerprint density at radius 3 is 3.00 bits per heavy atom. The van der Waals surface area contributed by atoms with Crippen molar-refractivity contribution in [2.24, 2.45) is 11.8 Å². The van der Waals surface area contributed by atoms with E-state index in [1.807, 2.05) is 0 Å². The summed E-state index contributed by atoms with van der Waals surface area (Å²) in [5, 5.41) is 13.1. The van der Waals surface area contributed by atoms with Crippen molar-refractivity contribution in [2.75, 3.05) is 0 Å². The van der Waals surface area contributed by atoms with Crippen LogP contribution in [0.5, 0.6) is 0 Å². The monoisotopic (exact) mass is 224 g/mol. The average molecular weight is 224 g/mol. The molecule has 2 rings (SSSR count). The summed E-state index contributed by atoms with van der Waals surface area (Å²) >= 11 is 1.72. The van der Waals surface area contributed by atoms with E-state index in [1.54, 1.807) is 11.3 Å². The van der Waals surface area contributed by atoms with Crippen LogP contribution >= 0.6 is 11.3 Å². The molecule has 0 amide bonds. The molecular weight excluding hydrogens is 208 g/mol. The summed E-state index contributed by atoms with van der Waals surface area (Å²) in [7, 11) is 0. The van der Waals surface area contributed by atoms with Crippen LogP contribution in [0.4, 0.5) is 0 Å². The van der Waals surface area contributed by atoms with Crippen LogP contribution in [0.1, 0.15) is 37.7 Å². The first-order valence-electron chi connectivity index (χ1n) is 5.47. The second-order valence-electron chi connectivity index (χ2n) is 4.34. The van der Waals surface area contributed by atoms with E-state index in [4.69, 9.17) is 5.11 Å². The first kappa shape index (κ1) is 10.7. The summed E-state index contributed by atoms with van der Waals surface area (Å²) in [6.07, 6.45) is 3.04. The van der Waals surface area contributed by atoms with E-state index in [9.17, 15) is 4.79 Å². The quantitative estimate of drug-likeness (QED) is 0.832. The zero-order valence-electron chi connectivity index (χ0n) is 8.85. The van der Waals surface area contributed by atoms with Crippen LogP contribution in [0.3, 0.4) is 0 Å². The molecule has 0 bridgehead atoms. The minimum atomic E-state index is -0.611. The lowest BCUT2D eigenvalue weighted by atomic mass is 9.93. The third kappa shape index (κ3) is 2.40. The van der Waals surface area contributed by atoms with E-state index < -0.39 is 5.97 Å². The molecule has 3 heteroatoms. The molecule has 0 aliphatic heterocycles. The van der Waals surface area contributed by atoms with Gasteiger partial charge in [0.2, 0.25) is 0 Å². The van der Waals surface area contributed by atoms with Crippen LogP contribution in [0.15, 0.2) is 16.8 Å². The van der Waals surface area contributed by atoms with Gasteiger partial charge in [0, 0.05) is 0 Å². The topological polar surface area (TPSA) is 37.3 Å². The van der Waals surface area contributed by atoms with Gasteiger partial charge in [0.05, 0.1) is 5.92 Å². The molecule has 1 fully saturated rings. The maximum atomic E-state index is 10.7. The fourth-order valence-corrected chi connectivity index (χ4v) is 2.96. The van der Waals surface area contributed by atoms with Crippen molar-refractivity contribution < 1.29 is 9.90 Å². The Labute approximate surface area is 93.9 Å². The van der Waals surface area contributed by atoms with E-state index >= 15 is 0 Å². The van der Waals surface area contributed by atoms with Gasteiger partial charge in [0.1, 0.15) is 0 Å². The minimum Gasteiger partial charge on any atom is -0.481 e. The molecule has 0 aromatic carbocycles. The summed E-state index contributed by atoms with van der Waals surface area (Å²) in [4.78, 5) is 10.7. The van der Waals surface area contributed by atoms with Gasteiger partial charge in [0.15, 0.2) is 0 Å². The fraction of sp³-hybridized carbons (Fsp3) is 0.583. The molecular formula is C12H16O2S. The van der Waals surface area contributed by atoms with Crippen molar-refractivity contribution in [1.29, 1.82) is 0 Å². The van der Waals surface area contributed by atoms with Gasteiger partial charge < -0.3 is 5.11 Å². The fourth-order valence-electron chi connectivity index (χ4n) is 2.22. The zero-order valence-corrected chi connectivity index (χ0v) is 9.67. The predicted octanol–water partition coefficient (Wildman–Crippen LogP) is 3.35. The SMILES string of the molecule is CCC(CC1CC1C(=O)O)c1ccsc1. The molecule has 1 aliphatic rings. The van der Waals surface area contributed by atoms with Gasteiger partial charge in [-0.1, -0.05) is 6.92 Å². The molecule has 1 saturated carbocycles. The normalized spacial score (nSPS) is 26.2. The lowest BCUT2D eigenvalue weighted by Gasteiger charge is -2.12. The highest BCUT2D eigenvalue weighted by Gasteiger charge is 2.43. The van der Waals surface area contributed by atoms with Crippen LogP contribution in [0.25, 0.3) is 0 Å². The van der Waals surface area contributed by atoms with Crippen molar-refractivity contribution in [3.05, 3.63) is 22.4 Å². The van der Waals surface area contributed by atoms with Crippen LogP contribution in [0.2, 0.25) is 0 Å². The molecule has 2 nitrogen and oxygen atoms in total. The molecule has 1 aromatic heterocycles. The summed E-state index contributed by atoms with van der Waals surface area (Å²) in [5.41, 5.74) is 1.39. The first-order chi connectivity index (χ1) is 7.22. The third-order valence-electron chi connectivity index (χ3n) is 3.33. The Kier molecular flexibility index (Phi) is 3.10. The highest BCUT2D eigenvalue weighted by Crippen LogP contribution is 2.46. The Bertz CT molecular complexity index is 331. The largest absolute Gasteiger partial charge is 0.481 e. The number of rotatable bonds is 5. The van der Waals surface area contributed by atoms with Gasteiger partial charge in [-0.05, 0) is 53.5 Å². The van der Waals surface area contributed by atoms with Gasteiger partial charge in [-0.3, -0.25) is 4.79 Å². The molecule has 0 saturated heterocycles. The molecule has 1 heterocycles. The van der Waals surface area contributed by atoms with Crippen LogP contribution < -0.4 is 0 Å². The summed E-state index contributed by atoms with van der Waals surface area (Å²) in [6, 6.07) is 2.16. The Balaban J connectivity index is 1.91.